The fraction of sp³-hybridized carbons (Fsp3) is 0.389. The van der Waals surface area contributed by atoms with Gasteiger partial charge in [-0.1, -0.05) is 18.2 Å². The molecule has 0 radical (unpaired) electrons. The monoisotopic (exact) mass is 405 g/mol. The van der Waals surface area contributed by atoms with Crippen molar-refractivity contribution in [1.82, 2.24) is 16.0 Å². The van der Waals surface area contributed by atoms with Gasteiger partial charge in [0.1, 0.15) is 12.1 Å². The number of hydrogen-bond acceptors (Lipinski definition) is 5. The molecule has 2 atom stereocenters. The maximum absolute atomic E-state index is 12.4. The van der Waals surface area contributed by atoms with Gasteiger partial charge in [-0.05, 0) is 31.9 Å². The zero-order chi connectivity index (χ0) is 21.8. The summed E-state index contributed by atoms with van der Waals surface area (Å²) in [6, 6.07) is 6.56. The molecule has 0 unspecified atom stereocenters. The molecule has 0 fully saturated rings. The van der Waals surface area contributed by atoms with Gasteiger partial charge in [0.05, 0.1) is 6.54 Å². The van der Waals surface area contributed by atoms with Crippen molar-refractivity contribution in [3.8, 4) is 0 Å². The second-order valence-electron chi connectivity index (χ2n) is 6.26. The molecule has 4 amide bonds. The normalized spacial score (nSPS) is 12.2. The first-order valence-corrected chi connectivity index (χ1v) is 8.98. The second kappa shape index (κ2) is 12.0. The molecule has 29 heavy (non-hydrogen) atoms. The summed E-state index contributed by atoms with van der Waals surface area (Å²) in [6.07, 6.45) is 0.615. The molecular formula is C18H27N7O4. The van der Waals surface area contributed by atoms with Gasteiger partial charge in [-0.25, -0.2) is 0 Å². The number of primary amides is 1. The van der Waals surface area contributed by atoms with Gasteiger partial charge in [0.2, 0.25) is 17.7 Å². The first-order valence-electron chi connectivity index (χ1n) is 8.98. The van der Waals surface area contributed by atoms with E-state index >= 15 is 0 Å². The maximum Gasteiger partial charge on any atom is 0.251 e. The van der Waals surface area contributed by atoms with Gasteiger partial charge in [-0.2, -0.15) is 0 Å². The number of carbonyl (C=O) groups excluding carboxylic acids is 4. The highest BCUT2D eigenvalue weighted by Crippen LogP contribution is 2.02. The van der Waals surface area contributed by atoms with Crippen molar-refractivity contribution in [1.29, 1.82) is 0 Å². The summed E-state index contributed by atoms with van der Waals surface area (Å²) >= 11 is 0. The Kier molecular flexibility index (Phi) is 9.65. The minimum absolute atomic E-state index is 0.0824. The average molecular weight is 405 g/mol. The molecule has 0 aromatic heterocycles. The predicted octanol–water partition coefficient (Wildman–Crippen LogP) is -2.06. The Morgan fingerprint density at radius 1 is 1.00 bits per heavy atom. The Balaban J connectivity index is 2.69. The fourth-order valence-corrected chi connectivity index (χ4v) is 2.30. The molecule has 0 aliphatic heterocycles. The summed E-state index contributed by atoms with van der Waals surface area (Å²) in [5.41, 5.74) is 15.9. The van der Waals surface area contributed by atoms with E-state index in [4.69, 9.17) is 17.2 Å². The van der Waals surface area contributed by atoms with Crippen LogP contribution in [0.15, 0.2) is 35.3 Å². The van der Waals surface area contributed by atoms with Gasteiger partial charge in [0.15, 0.2) is 5.96 Å². The van der Waals surface area contributed by atoms with E-state index < -0.39 is 35.7 Å². The number of benzene rings is 1. The van der Waals surface area contributed by atoms with Crippen LogP contribution in [0.3, 0.4) is 0 Å². The lowest BCUT2D eigenvalue weighted by atomic mass is 10.1. The molecule has 11 nitrogen and oxygen atoms in total. The van der Waals surface area contributed by atoms with Crippen LogP contribution in [0.5, 0.6) is 0 Å². The SMILES string of the molecule is C[C@H](NC(=O)c1ccccc1)C(=O)N[C@@H](CCCN=C(N)N)C(=O)NCC(N)=O. The quantitative estimate of drug-likeness (QED) is 0.139. The Labute approximate surface area is 168 Å². The van der Waals surface area contributed by atoms with Crippen LogP contribution < -0.4 is 33.2 Å². The summed E-state index contributed by atoms with van der Waals surface area (Å²) in [7, 11) is 0. The Morgan fingerprint density at radius 3 is 2.24 bits per heavy atom. The zero-order valence-corrected chi connectivity index (χ0v) is 16.2. The molecule has 0 heterocycles. The molecule has 0 saturated carbocycles. The van der Waals surface area contributed by atoms with Crippen LogP contribution >= 0.6 is 0 Å². The molecular weight excluding hydrogens is 378 g/mol. The lowest BCUT2D eigenvalue weighted by molar-refractivity contribution is -0.130. The molecule has 9 N–H and O–H groups in total. The number of aliphatic imine (C=N–C) groups is 1. The highest BCUT2D eigenvalue weighted by molar-refractivity contribution is 5.98. The standard InChI is InChI=1S/C18H27N7O4/c1-11(24-16(28)12-6-3-2-4-7-12)15(27)25-13(8-5-9-22-18(20)21)17(29)23-10-14(19)26/h2-4,6-7,11,13H,5,8-10H2,1H3,(H2,19,26)(H,23,29)(H,24,28)(H,25,27)(H4,20,21,22)/t11-,13-/m0/s1. The van der Waals surface area contributed by atoms with Crippen molar-refractivity contribution in [2.45, 2.75) is 31.8 Å². The number of amides is 4. The summed E-state index contributed by atoms with van der Waals surface area (Å²) in [6.45, 7) is 1.39. The van der Waals surface area contributed by atoms with Crippen molar-refractivity contribution >= 4 is 29.6 Å². The number of carbonyl (C=O) groups is 4. The Bertz CT molecular complexity index is 748. The topological polar surface area (TPSA) is 195 Å². The number of nitrogens with zero attached hydrogens (tertiary/aromatic N) is 1. The highest BCUT2D eigenvalue weighted by Gasteiger charge is 2.24. The molecule has 158 valence electrons. The molecule has 1 aromatic rings. The van der Waals surface area contributed by atoms with Crippen molar-refractivity contribution in [2.75, 3.05) is 13.1 Å². The van der Waals surface area contributed by atoms with Crippen molar-refractivity contribution in [3.63, 3.8) is 0 Å². The Hall–Kier alpha value is -3.63. The van der Waals surface area contributed by atoms with Crippen LogP contribution in [0.2, 0.25) is 0 Å². The molecule has 1 aromatic carbocycles. The van der Waals surface area contributed by atoms with Crippen LogP contribution in [0.25, 0.3) is 0 Å². The largest absolute Gasteiger partial charge is 0.370 e. The van der Waals surface area contributed by atoms with E-state index in [2.05, 4.69) is 20.9 Å². The first-order chi connectivity index (χ1) is 13.7. The maximum atomic E-state index is 12.4. The van der Waals surface area contributed by atoms with Crippen LogP contribution in [0.4, 0.5) is 0 Å². The summed E-state index contributed by atoms with van der Waals surface area (Å²) in [5.74, 6) is -2.36. The van der Waals surface area contributed by atoms with Gasteiger partial charge in [-0.3, -0.25) is 24.2 Å². The molecule has 0 spiro atoms. The minimum Gasteiger partial charge on any atom is -0.370 e. The third-order valence-electron chi connectivity index (χ3n) is 3.79. The number of nitrogens with one attached hydrogen (secondary N) is 3. The van der Waals surface area contributed by atoms with E-state index in [0.29, 0.717) is 12.0 Å². The first kappa shape index (κ1) is 23.4. The van der Waals surface area contributed by atoms with Crippen LogP contribution in [-0.4, -0.2) is 54.8 Å². The summed E-state index contributed by atoms with van der Waals surface area (Å²) in [5, 5.41) is 7.46. The molecule has 0 saturated heterocycles. The van der Waals surface area contributed by atoms with E-state index in [-0.39, 0.29) is 25.5 Å². The van der Waals surface area contributed by atoms with Gasteiger partial charge in [-0.15, -0.1) is 0 Å². The molecule has 11 heteroatoms. The van der Waals surface area contributed by atoms with E-state index in [9.17, 15) is 19.2 Å². The van der Waals surface area contributed by atoms with Gasteiger partial charge in [0, 0.05) is 12.1 Å². The average Bonchev–Trinajstić information content (AvgIpc) is 2.68. The van der Waals surface area contributed by atoms with Crippen LogP contribution in [0, 0.1) is 0 Å². The third kappa shape index (κ3) is 9.22. The van der Waals surface area contributed by atoms with Crippen molar-refractivity contribution in [2.24, 2.45) is 22.2 Å². The Morgan fingerprint density at radius 2 is 1.66 bits per heavy atom. The lowest BCUT2D eigenvalue weighted by Gasteiger charge is -2.21. The number of nitrogens with two attached hydrogens (primary N) is 3. The van der Waals surface area contributed by atoms with Gasteiger partial charge in [0.25, 0.3) is 5.91 Å². The second-order valence-corrected chi connectivity index (χ2v) is 6.26. The third-order valence-corrected chi connectivity index (χ3v) is 3.79. The minimum atomic E-state index is -0.952. The molecule has 0 aliphatic rings. The van der Waals surface area contributed by atoms with E-state index in [1.54, 1.807) is 30.3 Å². The van der Waals surface area contributed by atoms with Crippen LogP contribution in [-0.2, 0) is 14.4 Å². The summed E-state index contributed by atoms with van der Waals surface area (Å²) < 4.78 is 0. The molecule has 0 aliphatic carbocycles. The lowest BCUT2D eigenvalue weighted by Crippen LogP contribution is -2.53. The fourth-order valence-electron chi connectivity index (χ4n) is 2.30. The van der Waals surface area contributed by atoms with Crippen LogP contribution in [0.1, 0.15) is 30.1 Å². The molecule has 0 bridgehead atoms. The number of hydrogen-bond donors (Lipinski definition) is 6. The van der Waals surface area contributed by atoms with Gasteiger partial charge >= 0.3 is 0 Å². The number of guanidine groups is 1. The van der Waals surface area contributed by atoms with E-state index in [1.165, 1.54) is 6.92 Å². The number of rotatable bonds is 11. The van der Waals surface area contributed by atoms with E-state index in [0.717, 1.165) is 0 Å². The highest BCUT2D eigenvalue weighted by atomic mass is 16.2. The van der Waals surface area contributed by atoms with Crippen molar-refractivity contribution < 1.29 is 19.2 Å². The smallest absolute Gasteiger partial charge is 0.251 e. The zero-order valence-electron chi connectivity index (χ0n) is 16.2. The van der Waals surface area contributed by atoms with Crippen molar-refractivity contribution in [3.05, 3.63) is 35.9 Å². The predicted molar refractivity (Wildman–Crippen MR) is 107 cm³/mol. The van der Waals surface area contributed by atoms with Gasteiger partial charge < -0.3 is 33.2 Å². The van der Waals surface area contributed by atoms with E-state index in [1.807, 2.05) is 0 Å². The summed E-state index contributed by atoms with van der Waals surface area (Å²) in [4.78, 5) is 51.6. The molecule has 1 rings (SSSR count).